The maximum atomic E-state index is 6.00. The van der Waals surface area contributed by atoms with Crippen molar-refractivity contribution in [1.29, 1.82) is 0 Å². The summed E-state index contributed by atoms with van der Waals surface area (Å²) in [5, 5.41) is 0. The number of hydrogen-bond donors (Lipinski definition) is 1. The van der Waals surface area contributed by atoms with Crippen LogP contribution in [0.15, 0.2) is 0 Å². The monoisotopic (exact) mass is 253 g/mol. The second kappa shape index (κ2) is 6.36. The van der Waals surface area contributed by atoms with Crippen LogP contribution in [0.2, 0.25) is 0 Å². The zero-order valence-corrected chi connectivity index (χ0v) is 12.4. The van der Waals surface area contributed by atoms with E-state index < -0.39 is 0 Å². The van der Waals surface area contributed by atoms with Crippen LogP contribution < -0.4 is 5.73 Å². The quantitative estimate of drug-likeness (QED) is 0.829. The topological polar surface area (TPSA) is 32.5 Å². The SMILES string of the molecule is CC(C)CC(CN)N1CCC2C(CCCN2C)C1. The van der Waals surface area contributed by atoms with Crippen LogP contribution in [-0.4, -0.2) is 55.1 Å². The molecule has 0 amide bonds. The molecule has 2 N–H and O–H groups in total. The molecule has 0 aromatic rings. The standard InChI is InChI=1S/C15H31N3/c1-12(2)9-14(10-16)18-8-6-15-13(11-18)5-4-7-17(15)3/h12-15H,4-11,16H2,1-3H3. The Hall–Kier alpha value is -0.120. The third-order valence-corrected chi connectivity index (χ3v) is 4.91. The molecule has 2 rings (SSSR count). The molecule has 2 fully saturated rings. The first-order valence-corrected chi connectivity index (χ1v) is 7.76. The smallest absolute Gasteiger partial charge is 0.0220 e. The lowest BCUT2D eigenvalue weighted by Crippen LogP contribution is -2.56. The second-order valence-electron chi connectivity index (χ2n) is 6.75. The normalized spacial score (nSPS) is 32.5. The second-order valence-corrected chi connectivity index (χ2v) is 6.75. The van der Waals surface area contributed by atoms with Gasteiger partial charge in [-0.3, -0.25) is 4.90 Å². The Balaban J connectivity index is 1.92. The molecule has 0 aromatic carbocycles. The Morgan fingerprint density at radius 3 is 2.67 bits per heavy atom. The van der Waals surface area contributed by atoms with Crippen LogP contribution >= 0.6 is 0 Å². The van der Waals surface area contributed by atoms with E-state index in [1.165, 1.54) is 45.3 Å². The highest BCUT2D eigenvalue weighted by Crippen LogP contribution is 2.31. The molecule has 3 heteroatoms. The van der Waals surface area contributed by atoms with Crippen molar-refractivity contribution < 1.29 is 0 Å². The van der Waals surface area contributed by atoms with Gasteiger partial charge in [0.2, 0.25) is 0 Å². The largest absolute Gasteiger partial charge is 0.329 e. The molecular weight excluding hydrogens is 222 g/mol. The van der Waals surface area contributed by atoms with E-state index in [0.29, 0.717) is 6.04 Å². The summed E-state index contributed by atoms with van der Waals surface area (Å²) in [4.78, 5) is 5.27. The summed E-state index contributed by atoms with van der Waals surface area (Å²) in [5.41, 5.74) is 6.00. The first-order chi connectivity index (χ1) is 8.61. The van der Waals surface area contributed by atoms with Gasteiger partial charge in [-0.25, -0.2) is 0 Å². The fourth-order valence-electron chi connectivity index (χ4n) is 3.95. The van der Waals surface area contributed by atoms with Gasteiger partial charge in [-0.2, -0.15) is 0 Å². The molecule has 18 heavy (non-hydrogen) atoms. The van der Waals surface area contributed by atoms with Crippen molar-refractivity contribution in [2.75, 3.05) is 33.2 Å². The van der Waals surface area contributed by atoms with Crippen LogP contribution in [0.4, 0.5) is 0 Å². The molecule has 106 valence electrons. The minimum Gasteiger partial charge on any atom is -0.329 e. The van der Waals surface area contributed by atoms with E-state index in [2.05, 4.69) is 30.7 Å². The van der Waals surface area contributed by atoms with E-state index in [1.54, 1.807) is 0 Å². The number of piperidine rings is 2. The Morgan fingerprint density at radius 2 is 2.00 bits per heavy atom. The highest BCUT2D eigenvalue weighted by molar-refractivity contribution is 4.91. The van der Waals surface area contributed by atoms with Gasteiger partial charge in [0.15, 0.2) is 0 Å². The summed E-state index contributed by atoms with van der Waals surface area (Å²) in [7, 11) is 2.31. The van der Waals surface area contributed by atoms with Crippen molar-refractivity contribution in [3.63, 3.8) is 0 Å². The highest BCUT2D eigenvalue weighted by atomic mass is 15.2. The average Bonchev–Trinajstić information content (AvgIpc) is 2.35. The molecule has 2 aliphatic rings. The summed E-state index contributed by atoms with van der Waals surface area (Å²) in [6.07, 6.45) is 5.40. The Labute approximate surface area is 113 Å². The molecule has 0 saturated carbocycles. The summed E-state index contributed by atoms with van der Waals surface area (Å²) in [6.45, 7) is 9.27. The van der Waals surface area contributed by atoms with E-state index in [0.717, 1.165) is 24.4 Å². The number of fused-ring (bicyclic) bond motifs is 1. The lowest BCUT2D eigenvalue weighted by Gasteiger charge is -2.48. The molecule has 2 heterocycles. The lowest BCUT2D eigenvalue weighted by molar-refractivity contribution is 0.0177. The van der Waals surface area contributed by atoms with E-state index in [-0.39, 0.29) is 0 Å². The number of rotatable bonds is 4. The minimum atomic E-state index is 0.609. The first kappa shape index (κ1) is 14.3. The van der Waals surface area contributed by atoms with Gasteiger partial charge in [-0.05, 0) is 57.7 Å². The predicted molar refractivity (Wildman–Crippen MR) is 77.6 cm³/mol. The van der Waals surface area contributed by atoms with Gasteiger partial charge >= 0.3 is 0 Å². The third kappa shape index (κ3) is 3.25. The molecular formula is C15H31N3. The molecule has 0 aliphatic carbocycles. The van der Waals surface area contributed by atoms with Gasteiger partial charge in [0.1, 0.15) is 0 Å². The van der Waals surface area contributed by atoms with Crippen molar-refractivity contribution in [3.8, 4) is 0 Å². The fourth-order valence-corrected chi connectivity index (χ4v) is 3.95. The van der Waals surface area contributed by atoms with Crippen molar-refractivity contribution in [2.24, 2.45) is 17.6 Å². The molecule has 3 atom stereocenters. The van der Waals surface area contributed by atoms with Crippen molar-refractivity contribution in [1.82, 2.24) is 9.80 Å². The van der Waals surface area contributed by atoms with Gasteiger partial charge in [0.05, 0.1) is 0 Å². The van der Waals surface area contributed by atoms with Gasteiger partial charge < -0.3 is 10.6 Å². The molecule has 0 bridgehead atoms. The van der Waals surface area contributed by atoms with Crippen LogP contribution in [0, 0.1) is 11.8 Å². The van der Waals surface area contributed by atoms with E-state index in [9.17, 15) is 0 Å². The van der Waals surface area contributed by atoms with Crippen molar-refractivity contribution >= 4 is 0 Å². The van der Waals surface area contributed by atoms with E-state index in [4.69, 9.17) is 5.73 Å². The zero-order valence-electron chi connectivity index (χ0n) is 12.4. The van der Waals surface area contributed by atoms with Crippen LogP contribution in [0.1, 0.15) is 39.5 Å². The summed E-state index contributed by atoms with van der Waals surface area (Å²) >= 11 is 0. The van der Waals surface area contributed by atoms with Gasteiger partial charge in [-0.15, -0.1) is 0 Å². The highest BCUT2D eigenvalue weighted by Gasteiger charge is 2.35. The van der Waals surface area contributed by atoms with Gasteiger partial charge in [-0.1, -0.05) is 13.8 Å². The molecule has 2 saturated heterocycles. The van der Waals surface area contributed by atoms with Crippen LogP contribution in [-0.2, 0) is 0 Å². The third-order valence-electron chi connectivity index (χ3n) is 4.91. The fraction of sp³-hybridized carbons (Fsp3) is 1.00. The van der Waals surface area contributed by atoms with Gasteiger partial charge in [0, 0.05) is 25.2 Å². The Morgan fingerprint density at radius 1 is 1.22 bits per heavy atom. The average molecular weight is 253 g/mol. The maximum absolute atomic E-state index is 6.00. The van der Waals surface area contributed by atoms with Crippen LogP contribution in [0.25, 0.3) is 0 Å². The lowest BCUT2D eigenvalue weighted by atomic mass is 9.83. The maximum Gasteiger partial charge on any atom is 0.0220 e. The summed E-state index contributed by atoms with van der Waals surface area (Å²) in [5.74, 6) is 1.64. The number of hydrogen-bond acceptors (Lipinski definition) is 3. The molecule has 3 nitrogen and oxygen atoms in total. The van der Waals surface area contributed by atoms with E-state index >= 15 is 0 Å². The molecule has 3 unspecified atom stereocenters. The molecule has 0 radical (unpaired) electrons. The van der Waals surface area contributed by atoms with E-state index in [1.807, 2.05) is 0 Å². The zero-order chi connectivity index (χ0) is 13.1. The molecule has 0 spiro atoms. The molecule has 0 aromatic heterocycles. The van der Waals surface area contributed by atoms with Gasteiger partial charge in [0.25, 0.3) is 0 Å². The van der Waals surface area contributed by atoms with Crippen LogP contribution in [0.3, 0.4) is 0 Å². The summed E-state index contributed by atoms with van der Waals surface area (Å²) in [6, 6.07) is 1.45. The number of nitrogens with zero attached hydrogens (tertiary/aromatic N) is 2. The Bertz CT molecular complexity index is 254. The van der Waals surface area contributed by atoms with Crippen LogP contribution in [0.5, 0.6) is 0 Å². The van der Waals surface area contributed by atoms with Crippen molar-refractivity contribution in [2.45, 2.75) is 51.6 Å². The molecule has 2 aliphatic heterocycles. The number of likely N-dealkylation sites (tertiary alicyclic amines) is 2. The minimum absolute atomic E-state index is 0.609. The number of nitrogens with two attached hydrogens (primary N) is 1. The van der Waals surface area contributed by atoms with Crippen molar-refractivity contribution in [3.05, 3.63) is 0 Å². The summed E-state index contributed by atoms with van der Waals surface area (Å²) < 4.78 is 0. The first-order valence-electron chi connectivity index (χ1n) is 7.76. The predicted octanol–water partition coefficient (Wildman–Crippen LogP) is 1.78. The Kier molecular flexibility index (Phi) is 5.05.